The smallest absolute Gasteiger partial charge is 0.0952 e. The molecule has 0 radical (unpaired) electrons. The molecule has 21 heavy (non-hydrogen) atoms. The molecule has 1 fully saturated rings. The van der Waals surface area contributed by atoms with E-state index in [1.165, 1.54) is 36.8 Å². The van der Waals surface area contributed by atoms with Crippen molar-refractivity contribution >= 4 is 0 Å². The Bertz CT molecular complexity index is 449. The van der Waals surface area contributed by atoms with Crippen LogP contribution in [-0.2, 0) is 11.2 Å². The van der Waals surface area contributed by atoms with E-state index >= 15 is 0 Å². The zero-order chi connectivity index (χ0) is 14.5. The van der Waals surface area contributed by atoms with E-state index in [1.807, 2.05) is 0 Å². The summed E-state index contributed by atoms with van der Waals surface area (Å²) in [5, 5.41) is 13.1. The lowest BCUT2D eigenvalue weighted by atomic mass is 9.79. The maximum absolute atomic E-state index is 9.49. The molecule has 116 valence electrons. The van der Waals surface area contributed by atoms with Crippen LogP contribution in [0, 0.1) is 11.8 Å². The number of nitrogens with one attached hydrogen (secondary N) is 1. The molecule has 2 aliphatic rings. The normalized spacial score (nSPS) is 29.1. The van der Waals surface area contributed by atoms with Crippen LogP contribution in [-0.4, -0.2) is 31.4 Å². The molecule has 0 saturated heterocycles. The molecular formula is C18H27NO2. The van der Waals surface area contributed by atoms with Crippen molar-refractivity contribution in [1.29, 1.82) is 0 Å². The van der Waals surface area contributed by atoms with Gasteiger partial charge in [0.15, 0.2) is 0 Å². The number of benzene rings is 1. The fourth-order valence-electron chi connectivity index (χ4n) is 3.84. The minimum Gasteiger partial charge on any atom is -0.396 e. The van der Waals surface area contributed by atoms with Gasteiger partial charge in [-0.3, -0.25) is 0 Å². The van der Waals surface area contributed by atoms with Gasteiger partial charge in [-0.15, -0.1) is 0 Å². The van der Waals surface area contributed by atoms with Gasteiger partial charge in [-0.1, -0.05) is 37.1 Å². The summed E-state index contributed by atoms with van der Waals surface area (Å²) in [6, 6.07) is 8.62. The third-order valence-electron chi connectivity index (χ3n) is 5.13. The predicted octanol–water partition coefficient (Wildman–Crippen LogP) is 2.69. The van der Waals surface area contributed by atoms with Crippen molar-refractivity contribution in [2.45, 2.75) is 38.2 Å². The van der Waals surface area contributed by atoms with Crippen molar-refractivity contribution < 1.29 is 9.84 Å². The van der Waals surface area contributed by atoms with Crippen LogP contribution in [0.25, 0.3) is 0 Å². The highest BCUT2D eigenvalue weighted by Crippen LogP contribution is 2.30. The summed E-state index contributed by atoms with van der Waals surface area (Å²) in [6.07, 6.45) is 6.24. The molecule has 0 bridgehead atoms. The molecule has 3 nitrogen and oxygen atoms in total. The standard InChI is InChI=1S/C18H27NO2/c20-13-16-7-2-1-6-15(16)11-19-12-18-17-8-4-3-5-14(17)9-10-21-18/h3-5,8,15-16,18-20H,1-2,6-7,9-13H2. The molecule has 1 aliphatic carbocycles. The molecule has 1 aromatic rings. The van der Waals surface area contributed by atoms with Crippen molar-refractivity contribution in [3.05, 3.63) is 35.4 Å². The second-order valence-electron chi connectivity index (χ2n) is 6.45. The van der Waals surface area contributed by atoms with Gasteiger partial charge >= 0.3 is 0 Å². The predicted molar refractivity (Wildman–Crippen MR) is 84.2 cm³/mol. The number of aliphatic hydroxyl groups excluding tert-OH is 1. The Morgan fingerprint density at radius 2 is 1.90 bits per heavy atom. The first-order valence-corrected chi connectivity index (χ1v) is 8.39. The fraction of sp³-hybridized carbons (Fsp3) is 0.667. The van der Waals surface area contributed by atoms with Gasteiger partial charge in [-0.2, -0.15) is 0 Å². The molecule has 3 heteroatoms. The van der Waals surface area contributed by atoms with E-state index in [4.69, 9.17) is 4.74 Å². The summed E-state index contributed by atoms with van der Waals surface area (Å²) >= 11 is 0. The van der Waals surface area contributed by atoms with Crippen molar-refractivity contribution in [2.24, 2.45) is 11.8 Å². The van der Waals surface area contributed by atoms with E-state index in [0.29, 0.717) is 18.4 Å². The minimum absolute atomic E-state index is 0.186. The summed E-state index contributed by atoms with van der Waals surface area (Å²) in [5.74, 6) is 1.12. The molecule has 3 unspecified atom stereocenters. The average Bonchev–Trinajstić information content (AvgIpc) is 2.55. The first kappa shape index (κ1) is 15.0. The van der Waals surface area contributed by atoms with Crippen molar-refractivity contribution in [3.63, 3.8) is 0 Å². The van der Waals surface area contributed by atoms with Crippen LogP contribution in [0.2, 0.25) is 0 Å². The average molecular weight is 289 g/mol. The summed E-state index contributed by atoms with van der Waals surface area (Å²) < 4.78 is 5.94. The summed E-state index contributed by atoms with van der Waals surface area (Å²) in [7, 11) is 0. The molecule has 0 aromatic heterocycles. The molecular weight excluding hydrogens is 262 g/mol. The Morgan fingerprint density at radius 3 is 2.76 bits per heavy atom. The minimum atomic E-state index is 0.186. The molecule has 3 rings (SSSR count). The Morgan fingerprint density at radius 1 is 1.10 bits per heavy atom. The molecule has 1 aromatic carbocycles. The first-order valence-electron chi connectivity index (χ1n) is 8.39. The highest BCUT2D eigenvalue weighted by molar-refractivity contribution is 5.31. The molecule has 1 saturated carbocycles. The number of hydrogen-bond donors (Lipinski definition) is 2. The van der Waals surface area contributed by atoms with E-state index in [2.05, 4.69) is 29.6 Å². The number of aliphatic hydroxyl groups is 1. The van der Waals surface area contributed by atoms with Gasteiger partial charge in [0.25, 0.3) is 0 Å². The molecule has 0 amide bonds. The lowest BCUT2D eigenvalue weighted by molar-refractivity contribution is 0.0401. The number of hydrogen-bond acceptors (Lipinski definition) is 3. The van der Waals surface area contributed by atoms with Crippen molar-refractivity contribution in [1.82, 2.24) is 5.32 Å². The Kier molecular flexibility index (Phi) is 5.28. The topological polar surface area (TPSA) is 41.5 Å². The van der Waals surface area contributed by atoms with E-state index in [9.17, 15) is 5.11 Å². The number of fused-ring (bicyclic) bond motifs is 1. The molecule has 0 spiro atoms. The Balaban J connectivity index is 1.52. The second-order valence-corrected chi connectivity index (χ2v) is 6.45. The molecule has 1 aliphatic heterocycles. The zero-order valence-electron chi connectivity index (χ0n) is 12.8. The van der Waals surface area contributed by atoms with Gasteiger partial charge < -0.3 is 15.2 Å². The van der Waals surface area contributed by atoms with Crippen molar-refractivity contribution in [3.8, 4) is 0 Å². The van der Waals surface area contributed by atoms with Gasteiger partial charge in [-0.05, 0) is 48.8 Å². The highest BCUT2D eigenvalue weighted by Gasteiger charge is 2.25. The van der Waals surface area contributed by atoms with Crippen LogP contribution in [0.4, 0.5) is 0 Å². The van der Waals surface area contributed by atoms with Gasteiger partial charge in [0.2, 0.25) is 0 Å². The number of ether oxygens (including phenoxy) is 1. The molecule has 1 heterocycles. The summed E-state index contributed by atoms with van der Waals surface area (Å²) in [4.78, 5) is 0. The SMILES string of the molecule is OCC1CCCCC1CNCC1OCCc2ccccc21. The van der Waals surface area contributed by atoms with Gasteiger partial charge in [0.1, 0.15) is 0 Å². The lowest BCUT2D eigenvalue weighted by Crippen LogP contribution is -2.35. The molecule has 3 atom stereocenters. The van der Waals surface area contributed by atoms with Crippen LogP contribution in [0.1, 0.15) is 42.9 Å². The zero-order valence-corrected chi connectivity index (χ0v) is 12.8. The number of rotatable bonds is 5. The third-order valence-corrected chi connectivity index (χ3v) is 5.13. The summed E-state index contributed by atoms with van der Waals surface area (Å²) in [5.41, 5.74) is 2.78. The first-order chi connectivity index (χ1) is 10.4. The summed E-state index contributed by atoms with van der Waals surface area (Å²) in [6.45, 7) is 3.06. The van der Waals surface area contributed by atoms with E-state index < -0.39 is 0 Å². The van der Waals surface area contributed by atoms with E-state index in [0.717, 1.165) is 26.1 Å². The lowest BCUT2D eigenvalue weighted by Gasteiger charge is -2.32. The largest absolute Gasteiger partial charge is 0.396 e. The quantitative estimate of drug-likeness (QED) is 0.875. The maximum atomic E-state index is 9.49. The van der Waals surface area contributed by atoms with Gasteiger partial charge in [0, 0.05) is 13.2 Å². The highest BCUT2D eigenvalue weighted by atomic mass is 16.5. The van der Waals surface area contributed by atoms with Crippen LogP contribution in [0.3, 0.4) is 0 Å². The second kappa shape index (κ2) is 7.39. The van der Waals surface area contributed by atoms with Crippen molar-refractivity contribution in [2.75, 3.05) is 26.3 Å². The Labute approximate surface area is 127 Å². The van der Waals surface area contributed by atoms with Crippen LogP contribution < -0.4 is 5.32 Å². The van der Waals surface area contributed by atoms with Crippen LogP contribution in [0.5, 0.6) is 0 Å². The molecule has 2 N–H and O–H groups in total. The van der Waals surface area contributed by atoms with Crippen LogP contribution >= 0.6 is 0 Å². The van der Waals surface area contributed by atoms with E-state index in [-0.39, 0.29) is 6.10 Å². The maximum Gasteiger partial charge on any atom is 0.0952 e. The third kappa shape index (κ3) is 3.65. The van der Waals surface area contributed by atoms with Crippen LogP contribution in [0.15, 0.2) is 24.3 Å². The van der Waals surface area contributed by atoms with Gasteiger partial charge in [-0.25, -0.2) is 0 Å². The van der Waals surface area contributed by atoms with Gasteiger partial charge in [0.05, 0.1) is 12.7 Å². The fourth-order valence-corrected chi connectivity index (χ4v) is 3.84. The van der Waals surface area contributed by atoms with E-state index in [1.54, 1.807) is 0 Å². The Hall–Kier alpha value is -0.900. The monoisotopic (exact) mass is 289 g/mol.